The zero-order valence-electron chi connectivity index (χ0n) is 10.2. The molecule has 0 radical (unpaired) electrons. The molecule has 3 rings (SSSR count). The Balaban J connectivity index is 1.86. The summed E-state index contributed by atoms with van der Waals surface area (Å²) in [5.41, 5.74) is 8.86. The molecule has 1 aliphatic rings. The zero-order valence-corrected chi connectivity index (χ0v) is 10.2. The van der Waals surface area contributed by atoms with E-state index in [0.717, 1.165) is 11.5 Å². The minimum absolute atomic E-state index is 0.182. The Labute approximate surface area is 107 Å². The lowest BCUT2D eigenvalue weighted by Gasteiger charge is -2.08. The molecule has 0 saturated heterocycles. The predicted molar refractivity (Wildman–Crippen MR) is 73.4 cm³/mol. The molecule has 18 heavy (non-hydrogen) atoms. The van der Waals surface area contributed by atoms with Crippen LogP contribution in [0.1, 0.15) is 5.56 Å². The summed E-state index contributed by atoms with van der Waals surface area (Å²) < 4.78 is 11.4. The lowest BCUT2D eigenvalue weighted by molar-refractivity contribution is 0.333. The Morgan fingerprint density at radius 3 is 2.83 bits per heavy atom. The highest BCUT2D eigenvalue weighted by molar-refractivity contribution is 6.67. The highest BCUT2D eigenvalue weighted by Gasteiger charge is 2.23. The molecule has 0 unspecified atom stereocenters. The Hall–Kier alpha value is -1.94. The Morgan fingerprint density at radius 2 is 2.00 bits per heavy atom. The molecule has 0 spiro atoms. The molecule has 4 heteroatoms. The quantitative estimate of drug-likeness (QED) is 0.646. The molecule has 0 bridgehead atoms. The van der Waals surface area contributed by atoms with Crippen molar-refractivity contribution in [2.75, 3.05) is 5.73 Å². The van der Waals surface area contributed by atoms with Crippen LogP contribution < -0.4 is 15.9 Å². The van der Waals surface area contributed by atoms with Crippen molar-refractivity contribution >= 4 is 18.1 Å². The molecule has 90 valence electrons. The number of hydrogen-bond acceptors (Lipinski definition) is 3. The van der Waals surface area contributed by atoms with Gasteiger partial charge in [-0.3, -0.25) is 0 Å². The van der Waals surface area contributed by atoms with Crippen molar-refractivity contribution in [2.24, 2.45) is 0 Å². The maximum Gasteiger partial charge on any atom is 0.324 e. The average molecular weight is 239 g/mol. The summed E-state index contributed by atoms with van der Waals surface area (Å²) in [6.07, 6.45) is 0. The van der Waals surface area contributed by atoms with Crippen LogP contribution in [0.15, 0.2) is 42.5 Å². The fraction of sp³-hybridized carbons (Fsp3) is 0.143. The standard InChI is InChI=1S/C14H14BNO2/c1-15-14-6-5-13(7-10(14)9-17-15)18-12-4-2-3-11(16)8-12/h2-8H,9,16H2,1H3. The van der Waals surface area contributed by atoms with Crippen molar-refractivity contribution in [3.8, 4) is 11.5 Å². The van der Waals surface area contributed by atoms with E-state index in [2.05, 4.69) is 12.9 Å². The van der Waals surface area contributed by atoms with Crippen LogP contribution in [0, 0.1) is 0 Å². The number of benzene rings is 2. The molecular weight excluding hydrogens is 225 g/mol. The average Bonchev–Trinajstić information content (AvgIpc) is 2.71. The lowest BCUT2D eigenvalue weighted by Crippen LogP contribution is -2.23. The number of hydrogen-bond donors (Lipinski definition) is 1. The second kappa shape index (κ2) is 4.39. The molecule has 1 heterocycles. The third-order valence-electron chi connectivity index (χ3n) is 3.14. The van der Waals surface area contributed by atoms with Crippen LogP contribution in [-0.4, -0.2) is 6.92 Å². The van der Waals surface area contributed by atoms with Gasteiger partial charge in [0.25, 0.3) is 0 Å². The van der Waals surface area contributed by atoms with Gasteiger partial charge in [0.1, 0.15) is 11.5 Å². The fourth-order valence-corrected chi connectivity index (χ4v) is 2.19. The largest absolute Gasteiger partial charge is 0.457 e. The summed E-state index contributed by atoms with van der Waals surface area (Å²) >= 11 is 0. The first-order valence-corrected chi connectivity index (χ1v) is 6.00. The van der Waals surface area contributed by atoms with E-state index in [4.69, 9.17) is 15.1 Å². The maximum absolute atomic E-state index is 5.78. The second-order valence-corrected chi connectivity index (χ2v) is 4.49. The molecule has 0 amide bonds. The first-order valence-electron chi connectivity index (χ1n) is 6.00. The van der Waals surface area contributed by atoms with Gasteiger partial charge in [-0.15, -0.1) is 0 Å². The molecule has 2 N–H and O–H groups in total. The number of fused-ring (bicyclic) bond motifs is 1. The fourth-order valence-electron chi connectivity index (χ4n) is 2.19. The van der Waals surface area contributed by atoms with Gasteiger partial charge in [-0.05, 0) is 35.3 Å². The molecule has 0 aliphatic carbocycles. The third kappa shape index (κ3) is 2.07. The van der Waals surface area contributed by atoms with E-state index in [1.165, 1.54) is 11.0 Å². The van der Waals surface area contributed by atoms with E-state index in [1.807, 2.05) is 36.4 Å². The summed E-state index contributed by atoms with van der Waals surface area (Å²) in [4.78, 5) is 0. The minimum atomic E-state index is 0.182. The van der Waals surface area contributed by atoms with Gasteiger partial charge in [0, 0.05) is 11.8 Å². The topological polar surface area (TPSA) is 44.5 Å². The summed E-state index contributed by atoms with van der Waals surface area (Å²) in [7, 11) is 0. The van der Waals surface area contributed by atoms with Gasteiger partial charge >= 0.3 is 6.92 Å². The van der Waals surface area contributed by atoms with Gasteiger partial charge < -0.3 is 15.1 Å². The van der Waals surface area contributed by atoms with E-state index in [0.29, 0.717) is 12.3 Å². The monoisotopic (exact) mass is 239 g/mol. The predicted octanol–water partition coefficient (Wildman–Crippen LogP) is 2.42. The van der Waals surface area contributed by atoms with Crippen molar-refractivity contribution in [1.82, 2.24) is 0 Å². The SMILES string of the molecule is CB1OCc2cc(Oc3cccc(N)c3)ccc21. The molecule has 1 aliphatic heterocycles. The van der Waals surface area contributed by atoms with Crippen LogP contribution in [0.2, 0.25) is 6.82 Å². The summed E-state index contributed by atoms with van der Waals surface area (Å²) in [5, 5.41) is 0. The van der Waals surface area contributed by atoms with Gasteiger partial charge in [-0.25, -0.2) is 0 Å². The summed E-state index contributed by atoms with van der Waals surface area (Å²) in [6, 6.07) is 13.5. The van der Waals surface area contributed by atoms with Crippen LogP contribution in [0.3, 0.4) is 0 Å². The Bertz CT molecular complexity index is 586. The van der Waals surface area contributed by atoms with Crippen molar-refractivity contribution in [2.45, 2.75) is 13.4 Å². The molecule has 0 aromatic heterocycles. The van der Waals surface area contributed by atoms with Crippen molar-refractivity contribution in [3.63, 3.8) is 0 Å². The Morgan fingerprint density at radius 1 is 1.17 bits per heavy atom. The number of ether oxygens (including phenoxy) is 1. The molecule has 2 aromatic rings. The molecule has 2 aromatic carbocycles. The normalized spacial score (nSPS) is 13.5. The van der Waals surface area contributed by atoms with Gasteiger partial charge in [0.2, 0.25) is 0 Å². The van der Waals surface area contributed by atoms with Crippen molar-refractivity contribution in [3.05, 3.63) is 48.0 Å². The zero-order chi connectivity index (χ0) is 12.5. The molecule has 3 nitrogen and oxygen atoms in total. The Kier molecular flexibility index (Phi) is 2.72. The number of anilines is 1. The van der Waals surface area contributed by atoms with Crippen molar-refractivity contribution in [1.29, 1.82) is 0 Å². The van der Waals surface area contributed by atoms with E-state index in [1.54, 1.807) is 0 Å². The van der Waals surface area contributed by atoms with Crippen molar-refractivity contribution < 1.29 is 9.39 Å². The van der Waals surface area contributed by atoms with Crippen LogP contribution >= 0.6 is 0 Å². The van der Waals surface area contributed by atoms with E-state index < -0.39 is 0 Å². The van der Waals surface area contributed by atoms with E-state index in [-0.39, 0.29) is 6.92 Å². The maximum atomic E-state index is 5.78. The summed E-state index contributed by atoms with van der Waals surface area (Å²) in [5.74, 6) is 1.57. The molecule has 0 atom stereocenters. The van der Waals surface area contributed by atoms with E-state index >= 15 is 0 Å². The first kappa shape index (κ1) is 11.2. The van der Waals surface area contributed by atoms with Crippen LogP contribution in [0.5, 0.6) is 11.5 Å². The highest BCUT2D eigenvalue weighted by Crippen LogP contribution is 2.25. The highest BCUT2D eigenvalue weighted by atomic mass is 16.5. The van der Waals surface area contributed by atoms with Gasteiger partial charge in [0.05, 0.1) is 6.61 Å². The minimum Gasteiger partial charge on any atom is -0.457 e. The van der Waals surface area contributed by atoms with Gasteiger partial charge in [-0.1, -0.05) is 19.0 Å². The number of nitrogen functional groups attached to an aromatic ring is 1. The molecule has 0 saturated carbocycles. The van der Waals surface area contributed by atoms with Gasteiger partial charge in [-0.2, -0.15) is 0 Å². The van der Waals surface area contributed by atoms with E-state index in [9.17, 15) is 0 Å². The first-order chi connectivity index (χ1) is 8.72. The number of nitrogens with two attached hydrogens (primary N) is 1. The van der Waals surface area contributed by atoms with Crippen LogP contribution in [0.25, 0.3) is 0 Å². The smallest absolute Gasteiger partial charge is 0.324 e. The summed E-state index contributed by atoms with van der Waals surface area (Å²) in [6.45, 7) is 2.90. The molecule has 0 fully saturated rings. The van der Waals surface area contributed by atoms with Gasteiger partial charge in [0.15, 0.2) is 0 Å². The van der Waals surface area contributed by atoms with Crippen LogP contribution in [-0.2, 0) is 11.3 Å². The lowest BCUT2D eigenvalue weighted by atomic mass is 9.64. The third-order valence-corrected chi connectivity index (χ3v) is 3.14. The van der Waals surface area contributed by atoms with Crippen LogP contribution in [0.4, 0.5) is 5.69 Å². The molecular formula is C14H14BNO2. The second-order valence-electron chi connectivity index (χ2n) is 4.49. The number of rotatable bonds is 2.